The average Bonchev–Trinajstić information content (AvgIpc) is 2.63. The third kappa shape index (κ3) is 24.2. The number of aliphatic imine (C=N–C) groups is 2. The maximum absolute atomic E-state index is 7.43. The second kappa shape index (κ2) is 20.0. The molecule has 1 rings (SSSR count). The molecule has 0 saturated carbocycles. The van der Waals surface area contributed by atoms with Crippen molar-refractivity contribution in [2.24, 2.45) is 9.98 Å². The third-order valence-electron chi connectivity index (χ3n) is 4.28. The topological polar surface area (TPSA) is 165 Å². The number of hydrogen-bond acceptors (Lipinski definition) is 8. The van der Waals surface area contributed by atoms with E-state index in [1.807, 2.05) is 0 Å². The second-order valence-electron chi connectivity index (χ2n) is 8.36. The zero-order chi connectivity index (χ0) is 23.5. The number of hydrogen-bond donors (Lipinski definition) is 4. The second-order valence-corrected chi connectivity index (χ2v) is 8.36. The summed E-state index contributed by atoms with van der Waals surface area (Å²) >= 11 is 0. The van der Waals surface area contributed by atoms with Crippen LogP contribution in [-0.2, 0) is 16.5 Å². The Morgan fingerprint density at radius 2 is 1.06 bits per heavy atom. The summed E-state index contributed by atoms with van der Waals surface area (Å²) in [5.41, 5.74) is 0.377. The quantitative estimate of drug-likeness (QED) is 0.237. The van der Waals surface area contributed by atoms with Crippen LogP contribution in [0.3, 0.4) is 0 Å². The monoisotopic (exact) mass is 474 g/mol. The van der Waals surface area contributed by atoms with Crippen LogP contribution in [0.15, 0.2) is 9.98 Å². The van der Waals surface area contributed by atoms with Crippen LogP contribution < -0.4 is 21.3 Å². The van der Waals surface area contributed by atoms with Crippen LogP contribution in [0.25, 0.3) is 10.8 Å². The van der Waals surface area contributed by atoms with E-state index in [1.165, 1.54) is 24.4 Å². The summed E-state index contributed by atoms with van der Waals surface area (Å²) in [5, 5.41) is 44.3. The smallest absolute Gasteiger partial charge is 0.422 e. The molecule has 31 heavy (non-hydrogen) atoms. The average molecular weight is 475 g/mol. The number of nitrogens with zero attached hydrogens (tertiary/aromatic N) is 6. The summed E-state index contributed by atoms with van der Waals surface area (Å²) in [4.78, 5) is 5.17. The van der Waals surface area contributed by atoms with E-state index in [0.29, 0.717) is 12.1 Å². The summed E-state index contributed by atoms with van der Waals surface area (Å²) in [6, 6.07) is 3.64. The molecule has 1 saturated heterocycles. The molecule has 1 aliphatic rings. The fraction of sp³-hybridized carbons (Fsp3) is 0.800. The van der Waals surface area contributed by atoms with Crippen molar-refractivity contribution in [3.05, 3.63) is 10.8 Å². The van der Waals surface area contributed by atoms with E-state index in [2.05, 4.69) is 72.8 Å². The molecular formula is C20H36N10Ni. The molecule has 0 amide bonds. The first kappa shape index (κ1) is 33.7. The van der Waals surface area contributed by atoms with Gasteiger partial charge < -0.3 is 42.1 Å². The molecule has 0 spiro atoms. The number of nitriles is 2. The van der Waals surface area contributed by atoms with Crippen molar-refractivity contribution in [1.82, 2.24) is 21.3 Å². The molecule has 0 unspecified atom stereocenters. The molecule has 0 bridgehead atoms. The van der Waals surface area contributed by atoms with Crippen molar-refractivity contribution in [3.8, 4) is 12.4 Å². The molecule has 0 aliphatic carbocycles. The normalized spacial score (nSPS) is 22.7. The first-order chi connectivity index (χ1) is 14.0. The minimum atomic E-state index is 0. The minimum Gasteiger partial charge on any atom is -0.422 e. The van der Waals surface area contributed by atoms with E-state index >= 15 is 0 Å². The summed E-state index contributed by atoms with van der Waals surface area (Å²) in [5.74, 6) is 0. The van der Waals surface area contributed by atoms with Crippen molar-refractivity contribution in [3.63, 3.8) is 0 Å². The van der Waals surface area contributed by atoms with Crippen LogP contribution in [0, 0.1) is 22.9 Å². The summed E-state index contributed by atoms with van der Waals surface area (Å²) in [6.45, 7) is 17.8. The van der Waals surface area contributed by atoms with E-state index in [-0.39, 0.29) is 27.6 Å². The molecule has 4 N–H and O–H groups in total. The largest absolute Gasteiger partial charge is 2.00 e. The van der Waals surface area contributed by atoms with Crippen molar-refractivity contribution in [2.45, 2.75) is 77.5 Å². The Balaban J connectivity index is -0.000000595. The zero-order valence-electron chi connectivity index (χ0n) is 19.4. The molecule has 2 atom stereocenters. The standard InChI is InChI=1S/C16H36N4.2C2N3.Ni/c1-13-11-15(3,4)19-10-8-18-14(2)12-16(5,6)20-9-7-17-13;2*3-1-5-2-4;/h13-14,17-20H,7-12H2,1-6H3;;;/q;2*-1;+2/t13-,14-;;;/m0.../s1. The molecule has 11 heteroatoms. The molecule has 1 fully saturated rings. The van der Waals surface area contributed by atoms with E-state index in [9.17, 15) is 0 Å². The van der Waals surface area contributed by atoms with Crippen molar-refractivity contribution in [1.29, 1.82) is 10.5 Å². The van der Waals surface area contributed by atoms with E-state index in [0.717, 1.165) is 39.0 Å². The van der Waals surface area contributed by atoms with E-state index < -0.39 is 0 Å². The SMILES string of the molecule is C[C@H]1CC(C)(C)NCCN[C@@H](C)CC(C)(C)NCCN1.N#CN=C=[N-].N#CN=C=[N-].[Ni+2]. The van der Waals surface area contributed by atoms with Gasteiger partial charge in [-0.2, -0.15) is 10.5 Å². The maximum Gasteiger partial charge on any atom is 2.00 e. The molecule has 1 aliphatic heterocycles. The van der Waals surface area contributed by atoms with Gasteiger partial charge in [0.2, 0.25) is 0 Å². The Morgan fingerprint density at radius 1 is 0.742 bits per heavy atom. The van der Waals surface area contributed by atoms with Gasteiger partial charge in [0.15, 0.2) is 0 Å². The predicted molar refractivity (Wildman–Crippen MR) is 121 cm³/mol. The Labute approximate surface area is 197 Å². The third-order valence-corrected chi connectivity index (χ3v) is 4.28. The van der Waals surface area contributed by atoms with Crippen LogP contribution in [0.4, 0.5) is 0 Å². The van der Waals surface area contributed by atoms with Crippen LogP contribution >= 0.6 is 0 Å². The van der Waals surface area contributed by atoms with Gasteiger partial charge >= 0.3 is 16.5 Å². The summed E-state index contributed by atoms with van der Waals surface area (Å²) in [6.07, 6.45) is 4.85. The molecule has 0 aromatic rings. The predicted octanol–water partition coefficient (Wildman–Crippen LogP) is 1.89. The van der Waals surface area contributed by atoms with Gasteiger partial charge in [0.25, 0.3) is 0 Å². The Bertz CT molecular complexity index is 581. The molecule has 1 heterocycles. The summed E-state index contributed by atoms with van der Waals surface area (Å²) < 4.78 is 0. The fourth-order valence-corrected chi connectivity index (χ4v) is 3.30. The van der Waals surface area contributed by atoms with Gasteiger partial charge in [0.05, 0.1) is 12.4 Å². The van der Waals surface area contributed by atoms with Gasteiger partial charge in [-0.15, -0.1) is 12.0 Å². The van der Waals surface area contributed by atoms with Crippen molar-refractivity contribution >= 4 is 12.0 Å². The van der Waals surface area contributed by atoms with Gasteiger partial charge in [-0.1, -0.05) is 0 Å². The molecule has 0 aromatic carbocycles. The zero-order valence-corrected chi connectivity index (χ0v) is 20.4. The maximum atomic E-state index is 7.43. The summed E-state index contributed by atoms with van der Waals surface area (Å²) in [7, 11) is 0. The van der Waals surface area contributed by atoms with Crippen molar-refractivity contribution in [2.75, 3.05) is 26.2 Å². The fourth-order valence-electron chi connectivity index (χ4n) is 3.30. The first-order valence-corrected chi connectivity index (χ1v) is 9.96. The van der Waals surface area contributed by atoms with Gasteiger partial charge in [-0.05, 0) is 54.4 Å². The van der Waals surface area contributed by atoms with Gasteiger partial charge in [-0.25, -0.2) is 0 Å². The number of rotatable bonds is 0. The van der Waals surface area contributed by atoms with Gasteiger partial charge in [0.1, 0.15) is 0 Å². The molecule has 0 aromatic heterocycles. The van der Waals surface area contributed by atoms with Crippen LogP contribution in [0.1, 0.15) is 54.4 Å². The van der Waals surface area contributed by atoms with Crippen LogP contribution in [-0.4, -0.2) is 61.4 Å². The Kier molecular flexibility index (Phi) is 21.7. The van der Waals surface area contributed by atoms with Gasteiger partial charge in [0, 0.05) is 49.3 Å². The Morgan fingerprint density at radius 3 is 1.29 bits per heavy atom. The van der Waals surface area contributed by atoms with E-state index in [4.69, 9.17) is 21.3 Å². The molecular weight excluding hydrogens is 439 g/mol. The van der Waals surface area contributed by atoms with Crippen LogP contribution in [0.2, 0.25) is 0 Å². The number of nitrogens with one attached hydrogen (secondary N) is 4. The molecule has 10 nitrogen and oxygen atoms in total. The van der Waals surface area contributed by atoms with Crippen LogP contribution in [0.5, 0.6) is 0 Å². The van der Waals surface area contributed by atoms with Gasteiger partial charge in [-0.3, -0.25) is 0 Å². The molecule has 176 valence electrons. The molecule has 0 radical (unpaired) electrons. The Hall–Kier alpha value is -1.93. The minimum absolute atomic E-state index is 0. The van der Waals surface area contributed by atoms with Crippen molar-refractivity contribution < 1.29 is 16.5 Å². The van der Waals surface area contributed by atoms with E-state index in [1.54, 1.807) is 0 Å². The first-order valence-electron chi connectivity index (χ1n) is 9.96.